The second-order valence-electron chi connectivity index (χ2n) is 6.88. The van der Waals surface area contributed by atoms with Crippen molar-refractivity contribution in [2.45, 2.75) is 19.8 Å². The highest BCUT2D eigenvalue weighted by molar-refractivity contribution is 5.80. The Balaban J connectivity index is 1.87. The van der Waals surface area contributed by atoms with Gasteiger partial charge in [-0.3, -0.25) is 9.59 Å². The average Bonchev–Trinajstić information content (AvgIpc) is 2.92. The van der Waals surface area contributed by atoms with Gasteiger partial charge < -0.3 is 19.3 Å². The molecule has 2 aliphatic heterocycles. The number of aromatic nitrogens is 2. The molecular formula is C18H26N4O4. The van der Waals surface area contributed by atoms with E-state index in [4.69, 9.17) is 9.47 Å². The Hall–Kier alpha value is -2.22. The lowest BCUT2D eigenvalue weighted by molar-refractivity contribution is -0.157. The number of rotatable bonds is 5. The van der Waals surface area contributed by atoms with Crippen molar-refractivity contribution in [3.8, 4) is 0 Å². The number of nitrogens with zero attached hydrogens (tertiary/aromatic N) is 4. The molecular weight excluding hydrogens is 336 g/mol. The quantitative estimate of drug-likeness (QED) is 0.714. The van der Waals surface area contributed by atoms with E-state index in [-0.39, 0.29) is 24.4 Å². The predicted octanol–water partition coefficient (Wildman–Crippen LogP) is 0.731. The first-order valence-electron chi connectivity index (χ1n) is 9.06. The molecule has 0 spiro atoms. The fourth-order valence-electron chi connectivity index (χ4n) is 4.09. The van der Waals surface area contributed by atoms with Crippen molar-refractivity contribution in [2.24, 2.45) is 11.3 Å². The largest absolute Gasteiger partial charge is 0.466 e. The molecule has 8 heteroatoms. The molecule has 3 rings (SSSR count). The van der Waals surface area contributed by atoms with Crippen LogP contribution in [0, 0.1) is 11.3 Å². The predicted molar refractivity (Wildman–Crippen MR) is 94.5 cm³/mol. The van der Waals surface area contributed by atoms with Crippen molar-refractivity contribution in [1.29, 1.82) is 0 Å². The van der Waals surface area contributed by atoms with Gasteiger partial charge in [0.15, 0.2) is 0 Å². The Labute approximate surface area is 153 Å². The highest BCUT2D eigenvalue weighted by atomic mass is 16.5. The summed E-state index contributed by atoms with van der Waals surface area (Å²) in [5.74, 6) is 0.374. The molecule has 0 N–H and O–H groups in total. The van der Waals surface area contributed by atoms with Crippen LogP contribution in [0.15, 0.2) is 18.5 Å². The van der Waals surface area contributed by atoms with E-state index in [0.29, 0.717) is 45.2 Å². The second-order valence-corrected chi connectivity index (χ2v) is 6.88. The summed E-state index contributed by atoms with van der Waals surface area (Å²) in [6.45, 7) is 4.53. The maximum atomic E-state index is 12.9. The van der Waals surface area contributed by atoms with Crippen LogP contribution < -0.4 is 4.90 Å². The Bertz CT molecular complexity index is 641. The third-order valence-electron chi connectivity index (χ3n) is 5.32. The van der Waals surface area contributed by atoms with Gasteiger partial charge in [0, 0.05) is 51.6 Å². The van der Waals surface area contributed by atoms with Gasteiger partial charge in [-0.25, -0.2) is 9.97 Å². The van der Waals surface area contributed by atoms with Crippen molar-refractivity contribution >= 4 is 17.8 Å². The van der Waals surface area contributed by atoms with Crippen LogP contribution in [-0.2, 0) is 19.1 Å². The molecule has 1 amide bonds. The molecule has 3 heterocycles. The summed E-state index contributed by atoms with van der Waals surface area (Å²) in [5, 5.41) is 0. The SMILES string of the molecule is CCOC(=O)[C@@]12CCCN(C(=O)COC)C[C@@H]1CN(c1ncccn1)C2. The first-order valence-corrected chi connectivity index (χ1v) is 9.06. The molecule has 2 saturated heterocycles. The van der Waals surface area contributed by atoms with E-state index < -0.39 is 5.41 Å². The smallest absolute Gasteiger partial charge is 0.314 e. The van der Waals surface area contributed by atoms with Crippen LogP contribution in [0.5, 0.6) is 0 Å². The normalized spacial score (nSPS) is 25.5. The van der Waals surface area contributed by atoms with E-state index in [9.17, 15) is 9.59 Å². The lowest BCUT2D eigenvalue weighted by Crippen LogP contribution is -2.44. The van der Waals surface area contributed by atoms with Gasteiger partial charge in [0.25, 0.3) is 0 Å². The molecule has 2 fully saturated rings. The van der Waals surface area contributed by atoms with Crippen molar-refractivity contribution in [3.05, 3.63) is 18.5 Å². The molecule has 2 aliphatic rings. The highest BCUT2D eigenvalue weighted by Crippen LogP contribution is 2.44. The van der Waals surface area contributed by atoms with Gasteiger partial charge in [-0.2, -0.15) is 0 Å². The molecule has 2 atom stereocenters. The summed E-state index contributed by atoms with van der Waals surface area (Å²) in [7, 11) is 1.52. The first-order chi connectivity index (χ1) is 12.6. The molecule has 1 aromatic rings. The minimum atomic E-state index is -0.628. The summed E-state index contributed by atoms with van der Waals surface area (Å²) in [6.07, 6.45) is 4.84. The fraction of sp³-hybridized carbons (Fsp3) is 0.667. The van der Waals surface area contributed by atoms with Crippen LogP contribution in [0.25, 0.3) is 0 Å². The van der Waals surface area contributed by atoms with Crippen molar-refractivity contribution < 1.29 is 19.1 Å². The lowest BCUT2D eigenvalue weighted by Gasteiger charge is -2.31. The number of amides is 1. The number of carbonyl (C=O) groups excluding carboxylic acids is 2. The molecule has 0 radical (unpaired) electrons. The second kappa shape index (κ2) is 7.99. The summed E-state index contributed by atoms with van der Waals surface area (Å²) >= 11 is 0. The molecule has 8 nitrogen and oxygen atoms in total. The minimum absolute atomic E-state index is 0.0198. The topological polar surface area (TPSA) is 84.9 Å². The summed E-state index contributed by atoms with van der Waals surface area (Å²) in [6, 6.07) is 1.77. The third kappa shape index (κ3) is 3.51. The van der Waals surface area contributed by atoms with Crippen LogP contribution in [0.1, 0.15) is 19.8 Å². The maximum absolute atomic E-state index is 12.9. The van der Waals surface area contributed by atoms with Crippen molar-refractivity contribution in [1.82, 2.24) is 14.9 Å². The highest BCUT2D eigenvalue weighted by Gasteiger charge is 2.55. The Morgan fingerprint density at radius 3 is 2.77 bits per heavy atom. The molecule has 0 aromatic carbocycles. The molecule has 142 valence electrons. The van der Waals surface area contributed by atoms with Crippen molar-refractivity contribution in [3.63, 3.8) is 0 Å². The molecule has 0 aliphatic carbocycles. The minimum Gasteiger partial charge on any atom is -0.466 e. The van der Waals surface area contributed by atoms with E-state index in [0.717, 1.165) is 6.42 Å². The standard InChI is InChI=1S/C18H26N4O4/c1-3-26-16(24)18-6-4-9-21(15(23)12-25-2)10-14(18)11-22(13-18)17-19-7-5-8-20-17/h5,7-8,14H,3-4,6,9-13H2,1-2H3/t14-,18-/m1/s1. The number of ether oxygens (including phenoxy) is 2. The van der Waals surface area contributed by atoms with Gasteiger partial charge in [0.2, 0.25) is 11.9 Å². The van der Waals surface area contributed by atoms with Crippen LogP contribution in [-0.4, -0.2) is 73.2 Å². The van der Waals surface area contributed by atoms with Gasteiger partial charge in [0.1, 0.15) is 6.61 Å². The molecule has 1 aromatic heterocycles. The molecule has 0 saturated carbocycles. The van der Waals surface area contributed by atoms with Gasteiger partial charge in [-0.1, -0.05) is 0 Å². The Morgan fingerprint density at radius 1 is 1.31 bits per heavy atom. The van der Waals surface area contributed by atoms with Crippen LogP contribution >= 0.6 is 0 Å². The van der Waals surface area contributed by atoms with Crippen LogP contribution in [0.3, 0.4) is 0 Å². The van der Waals surface area contributed by atoms with Crippen molar-refractivity contribution in [2.75, 3.05) is 51.4 Å². The van der Waals surface area contributed by atoms with Gasteiger partial charge in [0.05, 0.1) is 12.0 Å². The van der Waals surface area contributed by atoms with Gasteiger partial charge >= 0.3 is 5.97 Å². The lowest BCUT2D eigenvalue weighted by atomic mass is 9.75. The zero-order chi connectivity index (χ0) is 18.6. The number of carbonyl (C=O) groups is 2. The van der Waals surface area contributed by atoms with Gasteiger partial charge in [-0.05, 0) is 25.8 Å². The average molecular weight is 362 g/mol. The van der Waals surface area contributed by atoms with Crippen LogP contribution in [0.4, 0.5) is 5.95 Å². The Morgan fingerprint density at radius 2 is 2.08 bits per heavy atom. The monoisotopic (exact) mass is 362 g/mol. The number of hydrogen-bond donors (Lipinski definition) is 0. The Kier molecular flexibility index (Phi) is 5.70. The van der Waals surface area contributed by atoms with E-state index >= 15 is 0 Å². The molecule has 0 unspecified atom stereocenters. The van der Waals surface area contributed by atoms with Crippen LogP contribution in [0.2, 0.25) is 0 Å². The number of fused-ring (bicyclic) bond motifs is 1. The maximum Gasteiger partial charge on any atom is 0.314 e. The summed E-state index contributed by atoms with van der Waals surface area (Å²) < 4.78 is 10.4. The number of methoxy groups -OCH3 is 1. The zero-order valence-corrected chi connectivity index (χ0v) is 15.4. The summed E-state index contributed by atoms with van der Waals surface area (Å²) in [5.41, 5.74) is -0.628. The third-order valence-corrected chi connectivity index (χ3v) is 5.32. The zero-order valence-electron chi connectivity index (χ0n) is 15.4. The molecule has 0 bridgehead atoms. The number of anilines is 1. The van der Waals surface area contributed by atoms with E-state index in [1.54, 1.807) is 18.5 Å². The van der Waals surface area contributed by atoms with Gasteiger partial charge in [-0.15, -0.1) is 0 Å². The van der Waals surface area contributed by atoms with E-state index in [1.165, 1.54) is 7.11 Å². The van der Waals surface area contributed by atoms with E-state index in [2.05, 4.69) is 9.97 Å². The van der Waals surface area contributed by atoms with E-state index in [1.807, 2.05) is 16.7 Å². The number of hydrogen-bond acceptors (Lipinski definition) is 7. The first kappa shape index (κ1) is 18.6. The number of likely N-dealkylation sites (tertiary alicyclic amines) is 1. The number of esters is 1. The summed E-state index contributed by atoms with van der Waals surface area (Å²) in [4.78, 5) is 37.7. The molecule has 26 heavy (non-hydrogen) atoms. The fourth-order valence-corrected chi connectivity index (χ4v) is 4.09.